The van der Waals surface area contributed by atoms with Gasteiger partial charge in [0.15, 0.2) is 6.61 Å². The molecule has 0 aromatic heterocycles. The number of likely N-dealkylation sites (tertiary alicyclic amines) is 1. The zero-order valence-corrected chi connectivity index (χ0v) is 34.6. The number of benzene rings is 4. The Morgan fingerprint density at radius 3 is 1.68 bits per heavy atom. The minimum absolute atomic E-state index is 0.0744. The van der Waals surface area contributed by atoms with E-state index < -0.39 is 53.5 Å². The maximum Gasteiger partial charge on any atom is 0.508 e. The van der Waals surface area contributed by atoms with Gasteiger partial charge in [-0.2, -0.15) is 0 Å². The van der Waals surface area contributed by atoms with E-state index in [0.717, 1.165) is 33.2 Å². The molecule has 1 fully saturated rings. The van der Waals surface area contributed by atoms with E-state index in [1.807, 2.05) is 110 Å². The molecule has 3 atom stereocenters. The van der Waals surface area contributed by atoms with Gasteiger partial charge >= 0.3 is 18.2 Å². The molecule has 1 aliphatic rings. The highest BCUT2D eigenvalue weighted by molar-refractivity contribution is 8.14. The van der Waals surface area contributed by atoms with Crippen LogP contribution in [0.5, 0.6) is 5.75 Å². The molecule has 0 unspecified atom stereocenters. The topological polar surface area (TPSA) is 161 Å². The first-order valence-corrected chi connectivity index (χ1v) is 21.1. The number of esters is 1. The Morgan fingerprint density at radius 2 is 1.22 bits per heavy atom. The number of amides is 2. The molecule has 14 heteroatoms. The van der Waals surface area contributed by atoms with Gasteiger partial charge in [-0.05, 0) is 41.9 Å². The minimum Gasteiger partial charge on any atom is -0.485 e. The SMILES string of the molecule is C=CCOC(=O)O[C@H](C)[C@H]1C(=O)N(C(C(=O)OCC=C)=P(c2ccccc2)(c2ccccc2)c2ccccc2)[C@@H]1SC(=O)COc1ccc(C)cc1.C=CCOC(N)=O. The molecular weight excluding hydrogens is 792 g/mol. The summed E-state index contributed by atoms with van der Waals surface area (Å²) in [5.41, 5.74) is 5.68. The molecule has 1 saturated heterocycles. The van der Waals surface area contributed by atoms with Crippen molar-refractivity contribution in [2.24, 2.45) is 11.7 Å². The van der Waals surface area contributed by atoms with Crippen LogP contribution in [0.2, 0.25) is 0 Å². The normalized spacial score (nSPS) is 14.7. The van der Waals surface area contributed by atoms with Crippen molar-refractivity contribution in [3.8, 4) is 5.75 Å². The molecule has 59 heavy (non-hydrogen) atoms. The molecule has 2 N–H and O–H groups in total. The van der Waals surface area contributed by atoms with E-state index in [0.29, 0.717) is 5.75 Å². The van der Waals surface area contributed by atoms with Gasteiger partial charge < -0.3 is 29.4 Å². The average Bonchev–Trinajstić information content (AvgIpc) is 3.25. The lowest BCUT2D eigenvalue weighted by molar-refractivity contribution is -0.152. The summed E-state index contributed by atoms with van der Waals surface area (Å²) >= 11 is 0.835. The molecule has 1 heterocycles. The van der Waals surface area contributed by atoms with Crippen molar-refractivity contribution in [1.29, 1.82) is 0 Å². The third kappa shape index (κ3) is 11.6. The van der Waals surface area contributed by atoms with E-state index >= 15 is 0 Å². The largest absolute Gasteiger partial charge is 0.508 e. The minimum atomic E-state index is -3.25. The molecule has 308 valence electrons. The summed E-state index contributed by atoms with van der Waals surface area (Å²) in [6.07, 6.45) is 1.50. The maximum atomic E-state index is 14.7. The highest BCUT2D eigenvalue weighted by Gasteiger charge is 2.57. The van der Waals surface area contributed by atoms with Crippen LogP contribution >= 0.6 is 18.6 Å². The summed E-state index contributed by atoms with van der Waals surface area (Å²) in [4.78, 5) is 66.7. The van der Waals surface area contributed by atoms with Gasteiger partial charge in [0, 0.05) is 6.89 Å². The molecule has 0 bridgehead atoms. The predicted molar refractivity (Wildman–Crippen MR) is 233 cm³/mol. The highest BCUT2D eigenvalue weighted by Crippen LogP contribution is 2.51. The van der Waals surface area contributed by atoms with Gasteiger partial charge in [0.25, 0.3) is 0 Å². The number of ether oxygens (including phenoxy) is 5. The van der Waals surface area contributed by atoms with Crippen molar-refractivity contribution in [2.45, 2.75) is 25.3 Å². The van der Waals surface area contributed by atoms with Crippen molar-refractivity contribution in [3.05, 3.63) is 159 Å². The van der Waals surface area contributed by atoms with Crippen LogP contribution in [0.25, 0.3) is 0 Å². The molecule has 4 aromatic rings. The number of primary amides is 1. The van der Waals surface area contributed by atoms with Crippen LogP contribution in [0.4, 0.5) is 9.59 Å². The number of nitrogens with zero attached hydrogens (tertiary/aromatic N) is 1. The maximum absolute atomic E-state index is 14.7. The highest BCUT2D eigenvalue weighted by atomic mass is 32.2. The molecule has 4 aromatic carbocycles. The Bertz CT molecular complexity index is 2040. The summed E-state index contributed by atoms with van der Waals surface area (Å²) in [5.74, 6) is -1.80. The van der Waals surface area contributed by atoms with Crippen LogP contribution in [0, 0.1) is 12.8 Å². The van der Waals surface area contributed by atoms with Crippen LogP contribution in [0.3, 0.4) is 0 Å². The van der Waals surface area contributed by atoms with E-state index in [-0.39, 0.29) is 31.8 Å². The molecule has 0 saturated carbocycles. The molecule has 0 radical (unpaired) electrons. The van der Waals surface area contributed by atoms with Crippen molar-refractivity contribution in [1.82, 2.24) is 4.90 Å². The number of carbonyl (C=O) groups excluding carboxylic acids is 5. The van der Waals surface area contributed by atoms with Gasteiger partial charge in [-0.3, -0.25) is 14.5 Å². The molecular formula is C45H47N2O10PS. The zero-order valence-electron chi connectivity index (χ0n) is 32.8. The second-order valence-corrected chi connectivity index (χ2v) is 17.2. The van der Waals surface area contributed by atoms with Crippen LogP contribution in [-0.2, 0) is 33.3 Å². The van der Waals surface area contributed by atoms with E-state index in [1.165, 1.54) is 23.1 Å². The van der Waals surface area contributed by atoms with E-state index in [1.54, 1.807) is 19.1 Å². The summed E-state index contributed by atoms with van der Waals surface area (Å²) < 4.78 is 26.4. The summed E-state index contributed by atoms with van der Waals surface area (Å²) in [7, 11) is 0. The summed E-state index contributed by atoms with van der Waals surface area (Å²) in [6.45, 7) is 10.5. The quantitative estimate of drug-likeness (QED) is 0.0420. The number of hydrogen-bond donors (Lipinski definition) is 1. The lowest BCUT2D eigenvalue weighted by Gasteiger charge is -2.50. The summed E-state index contributed by atoms with van der Waals surface area (Å²) in [6, 6.07) is 35.8. The van der Waals surface area contributed by atoms with Crippen LogP contribution in [0.1, 0.15) is 12.5 Å². The number of β-lactam (4-membered cyclic amide) rings is 1. The number of rotatable bonds is 17. The van der Waals surface area contributed by atoms with Crippen molar-refractivity contribution in [3.63, 3.8) is 0 Å². The Morgan fingerprint density at radius 1 is 0.746 bits per heavy atom. The molecule has 1 aliphatic heterocycles. The predicted octanol–water partition coefficient (Wildman–Crippen LogP) is 6.27. The monoisotopic (exact) mass is 838 g/mol. The van der Waals surface area contributed by atoms with Crippen LogP contribution in [0.15, 0.2) is 153 Å². The Hall–Kier alpha value is -6.30. The van der Waals surface area contributed by atoms with Crippen molar-refractivity contribution >= 4 is 69.2 Å². The number of thioether (sulfide) groups is 1. The third-order valence-corrected chi connectivity index (χ3v) is 14.0. The van der Waals surface area contributed by atoms with Gasteiger partial charge in [0.1, 0.15) is 48.4 Å². The van der Waals surface area contributed by atoms with Gasteiger partial charge in [-0.25, -0.2) is 14.4 Å². The van der Waals surface area contributed by atoms with Crippen LogP contribution in [-0.4, -0.2) is 77.5 Å². The van der Waals surface area contributed by atoms with Crippen LogP contribution < -0.4 is 26.4 Å². The number of nitrogens with two attached hydrogens (primary N) is 1. The fourth-order valence-electron chi connectivity index (χ4n) is 6.11. The van der Waals surface area contributed by atoms with Gasteiger partial charge in [-0.15, -0.1) is 0 Å². The second kappa shape index (κ2) is 22.6. The van der Waals surface area contributed by atoms with Gasteiger partial charge in [0.2, 0.25) is 11.0 Å². The third-order valence-electron chi connectivity index (χ3n) is 8.66. The fourth-order valence-corrected chi connectivity index (χ4v) is 11.8. The molecule has 12 nitrogen and oxygen atoms in total. The molecule has 0 aliphatic carbocycles. The van der Waals surface area contributed by atoms with Gasteiger partial charge in [0.05, 0.1) is 0 Å². The van der Waals surface area contributed by atoms with Crippen molar-refractivity contribution in [2.75, 3.05) is 26.4 Å². The number of carbonyl (C=O) groups is 5. The lowest BCUT2D eigenvalue weighted by Crippen LogP contribution is -2.67. The van der Waals surface area contributed by atoms with E-state index in [4.69, 9.17) is 18.9 Å². The zero-order chi connectivity index (χ0) is 42.8. The summed E-state index contributed by atoms with van der Waals surface area (Å²) in [5, 5.41) is 0.944. The second-order valence-electron chi connectivity index (χ2n) is 12.7. The van der Waals surface area contributed by atoms with E-state index in [9.17, 15) is 24.0 Å². The molecule has 2 amide bonds. The van der Waals surface area contributed by atoms with Crippen molar-refractivity contribution < 1.29 is 47.7 Å². The lowest BCUT2D eigenvalue weighted by atomic mass is 9.92. The first-order valence-electron chi connectivity index (χ1n) is 18.4. The Labute approximate surface area is 348 Å². The number of hydrogen-bond acceptors (Lipinski definition) is 11. The average molecular weight is 839 g/mol. The van der Waals surface area contributed by atoms with E-state index in [2.05, 4.69) is 30.2 Å². The first-order chi connectivity index (χ1) is 28.5. The molecule has 0 spiro atoms. The Kier molecular flexibility index (Phi) is 17.4. The van der Waals surface area contributed by atoms with Gasteiger partial charge in [-0.1, -0.05) is 158 Å². The first kappa shape index (κ1) is 45.4. The standard InChI is InChI=1S/C41H40NO8PS.C4H7NO2/c1-5-26-47-40(45)38(51(32-16-10-7-11-17-32,33-18-12-8-13-19-33)34-20-14-9-15-21-34)42-37(44)36(30(4)50-41(46)48-27-6-2)39(42)52-35(43)28-49-31-24-22-29(3)23-25-31;1-2-3-7-4(5)6/h5-25,30,36,39H,1-2,26-28H2,3-4H3;2H,1,3H2,(H2,5,6)/t30-,36+,39-;/m1./s1. The number of aryl methyl sites for hydroxylation is 1. The fraction of sp³-hybridized carbons (Fsp3) is 0.200. The Balaban J connectivity index is 0.00000101. The smallest absolute Gasteiger partial charge is 0.485 e. The molecule has 5 rings (SSSR count).